The van der Waals surface area contributed by atoms with Gasteiger partial charge in [0, 0.05) is 18.2 Å². The van der Waals surface area contributed by atoms with E-state index in [1.165, 1.54) is 38.2 Å². The lowest BCUT2D eigenvalue weighted by atomic mass is 10.0. The molecule has 2 atom stereocenters. The Kier molecular flexibility index (Phi) is 8.47. The highest BCUT2D eigenvalue weighted by atomic mass is 19.1. The number of rotatable bonds is 10. The van der Waals surface area contributed by atoms with Crippen LogP contribution in [-0.4, -0.2) is 12.6 Å². The van der Waals surface area contributed by atoms with Crippen molar-refractivity contribution in [3.05, 3.63) is 35.6 Å². The Labute approximate surface area is 122 Å². The van der Waals surface area contributed by atoms with Gasteiger partial charge in [-0.2, -0.15) is 0 Å². The first-order valence-electron chi connectivity index (χ1n) is 7.78. The monoisotopic (exact) mass is 281 g/mol. The molecule has 114 valence electrons. The summed E-state index contributed by atoms with van der Waals surface area (Å²) in [5.41, 5.74) is 6.49. The van der Waals surface area contributed by atoms with E-state index in [1.54, 1.807) is 12.1 Å². The number of ether oxygens (including phenoxy) is 1. The van der Waals surface area contributed by atoms with Crippen molar-refractivity contribution in [2.75, 3.05) is 6.61 Å². The van der Waals surface area contributed by atoms with E-state index in [9.17, 15) is 4.39 Å². The molecule has 0 aliphatic heterocycles. The standard InChI is InChI=1S/C17H28FNO/c1-3-4-5-6-7-10-13-20-17(14(2)19)15-11-8-9-12-16(15)18/h8-9,11-12,14,17H,3-7,10,13,19H2,1-2H3. The van der Waals surface area contributed by atoms with Crippen molar-refractivity contribution in [2.45, 2.75) is 64.5 Å². The van der Waals surface area contributed by atoms with Crippen LogP contribution in [0.3, 0.4) is 0 Å². The molecule has 1 aromatic rings. The zero-order valence-electron chi connectivity index (χ0n) is 12.8. The Morgan fingerprint density at radius 3 is 2.40 bits per heavy atom. The molecule has 0 fully saturated rings. The molecule has 1 rings (SSSR count). The largest absolute Gasteiger partial charge is 0.372 e. The molecule has 0 heterocycles. The molecule has 20 heavy (non-hydrogen) atoms. The third-order valence-electron chi connectivity index (χ3n) is 3.48. The first-order chi connectivity index (χ1) is 9.66. The van der Waals surface area contributed by atoms with Crippen molar-refractivity contribution in [1.82, 2.24) is 0 Å². The molecule has 2 N–H and O–H groups in total. The van der Waals surface area contributed by atoms with Gasteiger partial charge in [0.05, 0.1) is 0 Å². The van der Waals surface area contributed by atoms with Crippen molar-refractivity contribution in [3.8, 4) is 0 Å². The summed E-state index contributed by atoms with van der Waals surface area (Å²) in [4.78, 5) is 0. The van der Waals surface area contributed by atoms with Crippen LogP contribution in [0.15, 0.2) is 24.3 Å². The summed E-state index contributed by atoms with van der Waals surface area (Å²) < 4.78 is 19.6. The van der Waals surface area contributed by atoms with E-state index < -0.39 is 0 Å². The second-order valence-electron chi connectivity index (χ2n) is 5.44. The van der Waals surface area contributed by atoms with Gasteiger partial charge in [0.2, 0.25) is 0 Å². The lowest BCUT2D eigenvalue weighted by Crippen LogP contribution is -2.28. The van der Waals surface area contributed by atoms with Gasteiger partial charge < -0.3 is 10.5 Å². The summed E-state index contributed by atoms with van der Waals surface area (Å²) in [6.45, 7) is 4.72. The van der Waals surface area contributed by atoms with E-state index in [0.29, 0.717) is 12.2 Å². The molecule has 3 heteroatoms. The minimum Gasteiger partial charge on any atom is -0.372 e. The molecule has 0 aromatic heterocycles. The van der Waals surface area contributed by atoms with Crippen LogP contribution in [0.2, 0.25) is 0 Å². The number of nitrogens with two attached hydrogens (primary N) is 1. The Balaban J connectivity index is 2.36. The SMILES string of the molecule is CCCCCCCCOC(c1ccccc1F)C(C)N. The summed E-state index contributed by atoms with van der Waals surface area (Å²) in [5, 5.41) is 0. The third-order valence-corrected chi connectivity index (χ3v) is 3.48. The number of unbranched alkanes of at least 4 members (excludes halogenated alkanes) is 5. The van der Waals surface area contributed by atoms with Gasteiger partial charge in [0.15, 0.2) is 0 Å². The summed E-state index contributed by atoms with van der Waals surface area (Å²) in [5.74, 6) is -0.238. The molecule has 0 aliphatic carbocycles. The average Bonchev–Trinajstić information content (AvgIpc) is 2.43. The minimum atomic E-state index is -0.355. The number of halogens is 1. The second-order valence-corrected chi connectivity index (χ2v) is 5.44. The molecule has 2 nitrogen and oxygen atoms in total. The quantitative estimate of drug-likeness (QED) is 0.637. The molecule has 1 aromatic carbocycles. The van der Waals surface area contributed by atoms with E-state index in [4.69, 9.17) is 10.5 Å². The van der Waals surface area contributed by atoms with Crippen LogP contribution >= 0.6 is 0 Å². The number of hydrogen-bond acceptors (Lipinski definition) is 2. The summed E-state index contributed by atoms with van der Waals surface area (Å²) in [7, 11) is 0. The van der Waals surface area contributed by atoms with Crippen LogP contribution in [-0.2, 0) is 4.74 Å². The summed E-state index contributed by atoms with van der Waals surface area (Å²) >= 11 is 0. The molecule has 0 saturated heterocycles. The topological polar surface area (TPSA) is 35.2 Å². The average molecular weight is 281 g/mol. The van der Waals surface area contributed by atoms with Crippen molar-refractivity contribution in [1.29, 1.82) is 0 Å². The molecule has 0 amide bonds. The van der Waals surface area contributed by atoms with Crippen LogP contribution in [0, 0.1) is 5.82 Å². The Bertz CT molecular complexity index is 368. The molecular formula is C17H28FNO. The summed E-state index contributed by atoms with van der Waals surface area (Å²) in [6.07, 6.45) is 6.94. The highest BCUT2D eigenvalue weighted by Gasteiger charge is 2.19. The zero-order chi connectivity index (χ0) is 14.8. The van der Waals surface area contributed by atoms with E-state index in [2.05, 4.69) is 6.92 Å². The van der Waals surface area contributed by atoms with Gasteiger partial charge in [-0.3, -0.25) is 0 Å². The van der Waals surface area contributed by atoms with E-state index in [-0.39, 0.29) is 18.0 Å². The highest BCUT2D eigenvalue weighted by molar-refractivity contribution is 5.21. The molecular weight excluding hydrogens is 253 g/mol. The zero-order valence-corrected chi connectivity index (χ0v) is 12.8. The van der Waals surface area contributed by atoms with Gasteiger partial charge in [-0.15, -0.1) is 0 Å². The minimum absolute atomic E-state index is 0.216. The van der Waals surface area contributed by atoms with Crippen LogP contribution in [0.4, 0.5) is 4.39 Å². The smallest absolute Gasteiger partial charge is 0.129 e. The van der Waals surface area contributed by atoms with Gasteiger partial charge in [-0.1, -0.05) is 57.2 Å². The molecule has 2 unspecified atom stereocenters. The maximum absolute atomic E-state index is 13.8. The normalized spacial score (nSPS) is 14.2. The van der Waals surface area contributed by atoms with E-state index >= 15 is 0 Å². The van der Waals surface area contributed by atoms with E-state index in [0.717, 1.165) is 6.42 Å². The van der Waals surface area contributed by atoms with Gasteiger partial charge in [0.1, 0.15) is 11.9 Å². The van der Waals surface area contributed by atoms with Gasteiger partial charge in [0.25, 0.3) is 0 Å². The predicted octanol–water partition coefficient (Wildman–Crippen LogP) is 4.59. The molecule has 0 aliphatic rings. The lowest BCUT2D eigenvalue weighted by molar-refractivity contribution is 0.0335. The maximum Gasteiger partial charge on any atom is 0.129 e. The van der Waals surface area contributed by atoms with Crippen molar-refractivity contribution < 1.29 is 9.13 Å². The predicted molar refractivity (Wildman–Crippen MR) is 82.1 cm³/mol. The molecule has 0 bridgehead atoms. The van der Waals surface area contributed by atoms with E-state index in [1.807, 2.05) is 13.0 Å². The van der Waals surface area contributed by atoms with Crippen LogP contribution in [0.1, 0.15) is 64.0 Å². The molecule has 0 radical (unpaired) electrons. The summed E-state index contributed by atoms with van der Waals surface area (Å²) in [6, 6.07) is 6.50. The molecule has 0 saturated carbocycles. The van der Waals surface area contributed by atoms with Gasteiger partial charge in [-0.25, -0.2) is 4.39 Å². The van der Waals surface area contributed by atoms with Gasteiger partial charge in [-0.05, 0) is 19.4 Å². The Morgan fingerprint density at radius 2 is 1.75 bits per heavy atom. The van der Waals surface area contributed by atoms with Gasteiger partial charge >= 0.3 is 0 Å². The Morgan fingerprint density at radius 1 is 1.10 bits per heavy atom. The van der Waals surface area contributed by atoms with Crippen LogP contribution in [0.25, 0.3) is 0 Å². The Hall–Kier alpha value is -0.930. The third kappa shape index (κ3) is 6.02. The van der Waals surface area contributed by atoms with Crippen molar-refractivity contribution in [3.63, 3.8) is 0 Å². The fourth-order valence-electron chi connectivity index (χ4n) is 2.32. The first kappa shape index (κ1) is 17.1. The van der Waals surface area contributed by atoms with Crippen molar-refractivity contribution in [2.24, 2.45) is 5.73 Å². The van der Waals surface area contributed by atoms with Crippen molar-refractivity contribution >= 4 is 0 Å². The fourth-order valence-corrected chi connectivity index (χ4v) is 2.32. The number of hydrogen-bond donors (Lipinski definition) is 1. The van der Waals surface area contributed by atoms with Crippen LogP contribution in [0.5, 0.6) is 0 Å². The number of benzene rings is 1. The first-order valence-corrected chi connectivity index (χ1v) is 7.78. The lowest BCUT2D eigenvalue weighted by Gasteiger charge is -2.22. The van der Waals surface area contributed by atoms with Crippen LogP contribution < -0.4 is 5.73 Å². The second kappa shape index (κ2) is 9.89. The highest BCUT2D eigenvalue weighted by Crippen LogP contribution is 2.23. The molecule has 0 spiro atoms. The maximum atomic E-state index is 13.8. The fraction of sp³-hybridized carbons (Fsp3) is 0.647.